The summed E-state index contributed by atoms with van der Waals surface area (Å²) in [6, 6.07) is 13.3. The summed E-state index contributed by atoms with van der Waals surface area (Å²) in [5, 5.41) is 8.50. The van der Waals surface area contributed by atoms with Crippen LogP contribution in [0.15, 0.2) is 36.4 Å². The maximum Gasteiger partial charge on any atom is 0.225 e. The van der Waals surface area contributed by atoms with Gasteiger partial charge in [-0.2, -0.15) is 4.98 Å². The zero-order chi connectivity index (χ0) is 28.4. The van der Waals surface area contributed by atoms with Crippen LogP contribution < -0.4 is 20.3 Å². The Labute approximate surface area is 243 Å². The molecule has 0 bridgehead atoms. The van der Waals surface area contributed by atoms with Gasteiger partial charge in [0.2, 0.25) is 5.95 Å². The standard InChI is InChI=1S/C33H49N5O.CH4/c1-32(2,3)24-18-23(29(39-9)27(19-24)33(4,5)6)21-34-20-22-14-16-25(17-15-22)35-31-36-28-13-11-10-12-26(28)30(37-31)38(7)8;/h10-13,18-19,22,25,34H,14-17,20-21H2,1-9H3,(H,35,36,37);1H4. The largest absolute Gasteiger partial charge is 0.496 e. The molecule has 220 valence electrons. The summed E-state index contributed by atoms with van der Waals surface area (Å²) in [6.45, 7) is 15.5. The van der Waals surface area contributed by atoms with Crippen LogP contribution in [0.1, 0.15) is 91.3 Å². The van der Waals surface area contributed by atoms with Gasteiger partial charge in [0.05, 0.1) is 12.6 Å². The summed E-state index contributed by atoms with van der Waals surface area (Å²) in [5.74, 6) is 3.40. The van der Waals surface area contributed by atoms with Crippen LogP contribution >= 0.6 is 0 Å². The van der Waals surface area contributed by atoms with E-state index in [2.05, 4.69) is 81.3 Å². The topological polar surface area (TPSA) is 62.3 Å². The molecule has 40 heavy (non-hydrogen) atoms. The summed E-state index contributed by atoms with van der Waals surface area (Å²) >= 11 is 0. The number of benzene rings is 2. The molecule has 0 radical (unpaired) electrons. The van der Waals surface area contributed by atoms with Gasteiger partial charge in [0.1, 0.15) is 11.6 Å². The molecule has 1 aliphatic rings. The molecule has 1 fully saturated rings. The van der Waals surface area contributed by atoms with E-state index in [-0.39, 0.29) is 18.3 Å². The van der Waals surface area contributed by atoms with Crippen molar-refractivity contribution >= 4 is 22.7 Å². The van der Waals surface area contributed by atoms with E-state index in [1.165, 1.54) is 29.5 Å². The highest BCUT2D eigenvalue weighted by molar-refractivity contribution is 5.90. The highest BCUT2D eigenvalue weighted by Crippen LogP contribution is 2.38. The van der Waals surface area contributed by atoms with Crippen molar-refractivity contribution in [2.24, 2.45) is 5.92 Å². The molecule has 2 N–H and O–H groups in total. The Hall–Kier alpha value is -2.86. The Morgan fingerprint density at radius 2 is 1.60 bits per heavy atom. The van der Waals surface area contributed by atoms with Gasteiger partial charge in [-0.3, -0.25) is 0 Å². The second-order valence-electron chi connectivity index (χ2n) is 13.5. The van der Waals surface area contributed by atoms with Crippen LogP contribution in [-0.4, -0.2) is 43.8 Å². The molecule has 0 unspecified atom stereocenters. The van der Waals surface area contributed by atoms with Gasteiger partial charge in [-0.15, -0.1) is 0 Å². The average Bonchev–Trinajstić information content (AvgIpc) is 2.87. The molecule has 0 atom stereocenters. The van der Waals surface area contributed by atoms with Crippen molar-refractivity contribution in [2.45, 2.75) is 98.1 Å². The molecule has 6 heteroatoms. The van der Waals surface area contributed by atoms with Gasteiger partial charge in [-0.25, -0.2) is 4.98 Å². The van der Waals surface area contributed by atoms with Crippen molar-refractivity contribution in [3.63, 3.8) is 0 Å². The quantitative estimate of drug-likeness (QED) is 0.301. The number of rotatable bonds is 8. The number of nitrogens with zero attached hydrogens (tertiary/aromatic N) is 3. The molecular formula is C34H53N5O. The molecule has 0 spiro atoms. The van der Waals surface area contributed by atoms with E-state index in [1.807, 2.05) is 26.2 Å². The maximum atomic E-state index is 5.97. The molecule has 1 aliphatic carbocycles. The fourth-order valence-corrected chi connectivity index (χ4v) is 5.62. The smallest absolute Gasteiger partial charge is 0.225 e. The first-order valence-electron chi connectivity index (χ1n) is 14.5. The van der Waals surface area contributed by atoms with E-state index >= 15 is 0 Å². The average molecular weight is 548 g/mol. The first-order chi connectivity index (χ1) is 18.4. The normalized spacial score (nSPS) is 17.8. The van der Waals surface area contributed by atoms with Gasteiger partial charge < -0.3 is 20.3 Å². The van der Waals surface area contributed by atoms with Crippen LogP contribution in [0.3, 0.4) is 0 Å². The second kappa shape index (κ2) is 12.8. The van der Waals surface area contributed by atoms with Crippen molar-refractivity contribution in [3.05, 3.63) is 53.1 Å². The fourth-order valence-electron chi connectivity index (χ4n) is 5.62. The molecule has 2 aromatic carbocycles. The summed E-state index contributed by atoms with van der Waals surface area (Å²) < 4.78 is 5.97. The monoisotopic (exact) mass is 547 g/mol. The van der Waals surface area contributed by atoms with Gasteiger partial charge in [0.15, 0.2) is 0 Å². The van der Waals surface area contributed by atoms with Crippen molar-refractivity contribution in [1.29, 1.82) is 0 Å². The highest BCUT2D eigenvalue weighted by atomic mass is 16.5. The molecule has 6 nitrogen and oxygen atoms in total. The molecule has 0 amide bonds. The summed E-state index contributed by atoms with van der Waals surface area (Å²) in [7, 11) is 5.88. The van der Waals surface area contributed by atoms with Gasteiger partial charge in [0.25, 0.3) is 0 Å². The molecule has 0 aliphatic heterocycles. The Morgan fingerprint density at radius 3 is 2.20 bits per heavy atom. The van der Waals surface area contributed by atoms with E-state index in [0.29, 0.717) is 12.0 Å². The summed E-state index contributed by atoms with van der Waals surface area (Å²) in [5.41, 5.74) is 5.01. The fraction of sp³-hybridized carbons (Fsp3) is 0.588. The van der Waals surface area contributed by atoms with Crippen LogP contribution in [0.5, 0.6) is 5.75 Å². The Kier molecular flexibility index (Phi) is 10.1. The molecular weight excluding hydrogens is 494 g/mol. The van der Waals surface area contributed by atoms with Gasteiger partial charge in [0, 0.05) is 43.2 Å². The van der Waals surface area contributed by atoms with Crippen LogP contribution in [0.4, 0.5) is 11.8 Å². The van der Waals surface area contributed by atoms with Crippen LogP contribution in [0.25, 0.3) is 10.9 Å². The van der Waals surface area contributed by atoms with E-state index in [9.17, 15) is 0 Å². The Morgan fingerprint density at radius 1 is 0.925 bits per heavy atom. The number of para-hydroxylation sites is 1. The molecule has 4 rings (SSSR count). The lowest BCUT2D eigenvalue weighted by atomic mass is 9.79. The minimum atomic E-state index is 0. The molecule has 1 saturated carbocycles. The van der Waals surface area contributed by atoms with Gasteiger partial charge in [-0.1, -0.05) is 73.2 Å². The molecule has 1 aromatic heterocycles. The third kappa shape index (κ3) is 7.45. The lowest BCUT2D eigenvalue weighted by Gasteiger charge is -2.30. The number of hydrogen-bond acceptors (Lipinski definition) is 6. The van der Waals surface area contributed by atoms with Crippen molar-refractivity contribution < 1.29 is 4.74 Å². The molecule has 1 heterocycles. The van der Waals surface area contributed by atoms with E-state index in [4.69, 9.17) is 14.7 Å². The Balaban J connectivity index is 0.00000441. The molecule has 0 saturated heterocycles. The lowest BCUT2D eigenvalue weighted by molar-refractivity contribution is 0.322. The van der Waals surface area contributed by atoms with Crippen molar-refractivity contribution in [3.8, 4) is 5.75 Å². The first kappa shape index (κ1) is 31.7. The number of aromatic nitrogens is 2. The van der Waals surface area contributed by atoms with E-state index in [0.717, 1.165) is 54.3 Å². The predicted molar refractivity (Wildman–Crippen MR) is 172 cm³/mol. The summed E-state index contributed by atoms with van der Waals surface area (Å²) in [6.07, 6.45) is 4.67. The van der Waals surface area contributed by atoms with Gasteiger partial charge in [-0.05, 0) is 66.7 Å². The van der Waals surface area contributed by atoms with E-state index in [1.54, 1.807) is 7.11 Å². The number of nitrogens with one attached hydrogen (secondary N) is 2. The van der Waals surface area contributed by atoms with Gasteiger partial charge >= 0.3 is 0 Å². The second-order valence-corrected chi connectivity index (χ2v) is 13.5. The highest BCUT2D eigenvalue weighted by Gasteiger charge is 2.26. The van der Waals surface area contributed by atoms with Crippen LogP contribution in [-0.2, 0) is 17.4 Å². The predicted octanol–water partition coefficient (Wildman–Crippen LogP) is 7.70. The number of ether oxygens (including phenoxy) is 1. The minimum Gasteiger partial charge on any atom is -0.496 e. The number of fused-ring (bicyclic) bond motifs is 1. The van der Waals surface area contributed by atoms with E-state index < -0.39 is 0 Å². The zero-order valence-corrected chi connectivity index (χ0v) is 25.6. The number of anilines is 2. The number of methoxy groups -OCH3 is 1. The zero-order valence-electron chi connectivity index (χ0n) is 25.6. The minimum absolute atomic E-state index is 0. The third-order valence-corrected chi connectivity index (χ3v) is 7.98. The van der Waals surface area contributed by atoms with Crippen molar-refractivity contribution in [2.75, 3.05) is 38.0 Å². The first-order valence-corrected chi connectivity index (χ1v) is 14.5. The maximum absolute atomic E-state index is 5.97. The lowest BCUT2D eigenvalue weighted by Crippen LogP contribution is -2.32. The summed E-state index contributed by atoms with van der Waals surface area (Å²) in [4.78, 5) is 11.7. The van der Waals surface area contributed by atoms with Crippen LogP contribution in [0, 0.1) is 5.92 Å². The third-order valence-electron chi connectivity index (χ3n) is 7.98. The van der Waals surface area contributed by atoms with Crippen molar-refractivity contribution in [1.82, 2.24) is 15.3 Å². The molecule has 3 aromatic rings. The Bertz CT molecular complexity index is 1260. The van der Waals surface area contributed by atoms with Crippen LogP contribution in [0.2, 0.25) is 0 Å². The number of hydrogen-bond donors (Lipinski definition) is 2. The SMILES string of the molecule is C.COc1c(CNCC2CCC(Nc3nc(N(C)C)c4ccccc4n3)CC2)cc(C(C)(C)C)cc1C(C)(C)C.